The Labute approximate surface area is 123 Å². The van der Waals surface area contributed by atoms with Gasteiger partial charge in [-0.25, -0.2) is 4.98 Å². The minimum atomic E-state index is -0.840. The third-order valence-corrected chi connectivity index (χ3v) is 3.90. The molecule has 7 heteroatoms. The van der Waals surface area contributed by atoms with E-state index >= 15 is 0 Å². The molecule has 0 aromatic carbocycles. The normalized spacial score (nSPS) is 26.7. The number of ether oxygens (including phenoxy) is 2. The average molecular weight is 292 g/mol. The third kappa shape index (κ3) is 2.98. The van der Waals surface area contributed by atoms with Crippen molar-refractivity contribution in [1.82, 2.24) is 14.9 Å². The molecular formula is C14H20N4O3. The number of hydrogen-bond acceptors (Lipinski definition) is 6. The highest BCUT2D eigenvalue weighted by Crippen LogP contribution is 2.24. The quantitative estimate of drug-likeness (QED) is 0.760. The molecule has 3 heterocycles. The van der Waals surface area contributed by atoms with Gasteiger partial charge in [-0.15, -0.1) is 0 Å². The molecule has 2 saturated heterocycles. The number of aromatic nitrogens is 2. The number of nitrogens with zero attached hydrogens (tertiary/aromatic N) is 4. The first kappa shape index (κ1) is 14.2. The second-order valence-electron chi connectivity index (χ2n) is 5.47. The van der Waals surface area contributed by atoms with Crippen molar-refractivity contribution in [3.8, 4) is 0 Å². The summed E-state index contributed by atoms with van der Waals surface area (Å²) in [6.45, 7) is 6.00. The number of carbonyl (C=O) groups is 1. The predicted octanol–water partition coefficient (Wildman–Crippen LogP) is -0.0693. The van der Waals surface area contributed by atoms with Crippen LogP contribution >= 0.6 is 0 Å². The van der Waals surface area contributed by atoms with Gasteiger partial charge in [0.25, 0.3) is 5.91 Å². The average Bonchev–Trinajstić information content (AvgIpc) is 2.56. The standard InChI is InChI=1S/C14H20N4O3/c1-14(13(19)17-4-7-20-8-5-17)11-18(6-9-21-14)12-10-15-2-3-16-12/h2-3,10H,4-9,11H2,1H3. The van der Waals surface area contributed by atoms with Crippen molar-refractivity contribution >= 4 is 11.7 Å². The minimum absolute atomic E-state index is 0.0272. The summed E-state index contributed by atoms with van der Waals surface area (Å²) >= 11 is 0. The summed E-state index contributed by atoms with van der Waals surface area (Å²) in [5, 5.41) is 0. The van der Waals surface area contributed by atoms with Gasteiger partial charge in [-0.3, -0.25) is 9.78 Å². The Balaban J connectivity index is 1.73. The number of hydrogen-bond donors (Lipinski definition) is 0. The molecule has 0 N–H and O–H groups in total. The Hall–Kier alpha value is -1.73. The van der Waals surface area contributed by atoms with Crippen molar-refractivity contribution in [3.05, 3.63) is 18.6 Å². The van der Waals surface area contributed by atoms with Gasteiger partial charge in [0.05, 0.1) is 32.6 Å². The van der Waals surface area contributed by atoms with Crippen molar-refractivity contribution < 1.29 is 14.3 Å². The van der Waals surface area contributed by atoms with Crippen molar-refractivity contribution in [2.45, 2.75) is 12.5 Å². The van der Waals surface area contributed by atoms with Crippen LogP contribution < -0.4 is 4.90 Å². The van der Waals surface area contributed by atoms with Gasteiger partial charge in [0, 0.05) is 32.0 Å². The minimum Gasteiger partial charge on any atom is -0.378 e. The lowest BCUT2D eigenvalue weighted by atomic mass is 10.0. The monoisotopic (exact) mass is 292 g/mol. The van der Waals surface area contributed by atoms with E-state index in [-0.39, 0.29) is 5.91 Å². The molecular weight excluding hydrogens is 272 g/mol. The highest BCUT2D eigenvalue weighted by molar-refractivity contribution is 5.86. The molecule has 0 aliphatic carbocycles. The second-order valence-corrected chi connectivity index (χ2v) is 5.47. The Kier molecular flexibility index (Phi) is 4.03. The zero-order chi connectivity index (χ0) is 14.7. The third-order valence-electron chi connectivity index (χ3n) is 3.90. The molecule has 1 unspecified atom stereocenters. The molecule has 3 rings (SSSR count). The zero-order valence-electron chi connectivity index (χ0n) is 12.2. The van der Waals surface area contributed by atoms with E-state index in [1.807, 2.05) is 11.8 Å². The first-order chi connectivity index (χ1) is 10.2. The molecule has 1 amide bonds. The molecule has 0 saturated carbocycles. The van der Waals surface area contributed by atoms with Crippen LogP contribution in [0.25, 0.3) is 0 Å². The molecule has 2 aliphatic heterocycles. The lowest BCUT2D eigenvalue weighted by molar-refractivity contribution is -0.161. The largest absolute Gasteiger partial charge is 0.378 e. The number of rotatable bonds is 2. The number of anilines is 1. The highest BCUT2D eigenvalue weighted by atomic mass is 16.5. The van der Waals surface area contributed by atoms with Crippen LogP contribution in [-0.4, -0.2) is 72.4 Å². The summed E-state index contributed by atoms with van der Waals surface area (Å²) < 4.78 is 11.1. The van der Waals surface area contributed by atoms with Gasteiger partial charge >= 0.3 is 0 Å². The van der Waals surface area contributed by atoms with Crippen LogP contribution in [0, 0.1) is 0 Å². The van der Waals surface area contributed by atoms with Crippen LogP contribution in [0.1, 0.15) is 6.92 Å². The summed E-state index contributed by atoms with van der Waals surface area (Å²) in [5.74, 6) is 0.807. The Morgan fingerprint density at radius 1 is 1.24 bits per heavy atom. The van der Waals surface area contributed by atoms with Crippen molar-refractivity contribution in [3.63, 3.8) is 0 Å². The van der Waals surface area contributed by atoms with E-state index in [1.54, 1.807) is 18.6 Å². The number of carbonyl (C=O) groups excluding carboxylic acids is 1. The van der Waals surface area contributed by atoms with Crippen LogP contribution in [0.15, 0.2) is 18.6 Å². The van der Waals surface area contributed by atoms with Gasteiger partial charge in [0.15, 0.2) is 5.60 Å². The highest BCUT2D eigenvalue weighted by Gasteiger charge is 2.42. The maximum Gasteiger partial charge on any atom is 0.256 e. The van der Waals surface area contributed by atoms with Crippen LogP contribution in [0.3, 0.4) is 0 Å². The molecule has 0 radical (unpaired) electrons. The summed E-state index contributed by atoms with van der Waals surface area (Å²) in [5.41, 5.74) is -0.840. The summed E-state index contributed by atoms with van der Waals surface area (Å²) in [4.78, 5) is 25.0. The van der Waals surface area contributed by atoms with Gasteiger partial charge in [-0.2, -0.15) is 0 Å². The predicted molar refractivity (Wildman–Crippen MR) is 76.0 cm³/mol. The summed E-state index contributed by atoms with van der Waals surface area (Å²) in [6.07, 6.45) is 5.01. The lowest BCUT2D eigenvalue weighted by Crippen LogP contribution is -2.60. The van der Waals surface area contributed by atoms with Crippen LogP contribution in [0.4, 0.5) is 5.82 Å². The summed E-state index contributed by atoms with van der Waals surface area (Å²) in [6, 6.07) is 0. The van der Waals surface area contributed by atoms with E-state index < -0.39 is 5.60 Å². The molecule has 1 aromatic rings. The second kappa shape index (κ2) is 5.95. The maximum absolute atomic E-state index is 12.7. The first-order valence-corrected chi connectivity index (χ1v) is 7.21. The Bertz CT molecular complexity index is 492. The van der Waals surface area contributed by atoms with Crippen molar-refractivity contribution in [2.75, 3.05) is 50.9 Å². The number of morpholine rings is 2. The molecule has 1 aromatic heterocycles. The van der Waals surface area contributed by atoms with Gasteiger partial charge < -0.3 is 19.3 Å². The number of amides is 1. The molecule has 21 heavy (non-hydrogen) atoms. The Morgan fingerprint density at radius 2 is 2.05 bits per heavy atom. The van der Waals surface area contributed by atoms with Crippen LogP contribution in [-0.2, 0) is 14.3 Å². The van der Waals surface area contributed by atoms with Crippen LogP contribution in [0.5, 0.6) is 0 Å². The van der Waals surface area contributed by atoms with E-state index in [0.717, 1.165) is 5.82 Å². The van der Waals surface area contributed by atoms with Gasteiger partial charge in [-0.05, 0) is 6.92 Å². The molecule has 7 nitrogen and oxygen atoms in total. The van der Waals surface area contributed by atoms with Gasteiger partial charge in [-0.1, -0.05) is 0 Å². The smallest absolute Gasteiger partial charge is 0.256 e. The Morgan fingerprint density at radius 3 is 2.76 bits per heavy atom. The van der Waals surface area contributed by atoms with E-state index in [2.05, 4.69) is 14.9 Å². The van der Waals surface area contributed by atoms with Crippen LogP contribution in [0.2, 0.25) is 0 Å². The first-order valence-electron chi connectivity index (χ1n) is 7.21. The van der Waals surface area contributed by atoms with Crippen molar-refractivity contribution in [1.29, 1.82) is 0 Å². The molecule has 0 spiro atoms. The van der Waals surface area contributed by atoms with E-state index in [9.17, 15) is 4.79 Å². The fourth-order valence-corrected chi connectivity index (χ4v) is 2.75. The molecule has 0 bridgehead atoms. The fraction of sp³-hybridized carbons (Fsp3) is 0.643. The molecule has 2 fully saturated rings. The maximum atomic E-state index is 12.7. The SMILES string of the molecule is CC1(C(=O)N2CCOCC2)CN(c2cnccn2)CCO1. The molecule has 1 atom stereocenters. The van der Waals surface area contributed by atoms with E-state index in [4.69, 9.17) is 9.47 Å². The molecule has 2 aliphatic rings. The fourth-order valence-electron chi connectivity index (χ4n) is 2.75. The van der Waals surface area contributed by atoms with E-state index in [0.29, 0.717) is 46.0 Å². The van der Waals surface area contributed by atoms with E-state index in [1.165, 1.54) is 0 Å². The van der Waals surface area contributed by atoms with Gasteiger partial charge in [0.1, 0.15) is 5.82 Å². The van der Waals surface area contributed by atoms with Gasteiger partial charge in [0.2, 0.25) is 0 Å². The van der Waals surface area contributed by atoms with Crippen molar-refractivity contribution in [2.24, 2.45) is 0 Å². The molecule has 114 valence electrons. The topological polar surface area (TPSA) is 67.8 Å². The lowest BCUT2D eigenvalue weighted by Gasteiger charge is -2.42. The zero-order valence-corrected chi connectivity index (χ0v) is 12.2. The summed E-state index contributed by atoms with van der Waals surface area (Å²) in [7, 11) is 0.